The second kappa shape index (κ2) is 6.21. The van der Waals surface area contributed by atoms with Gasteiger partial charge in [0.15, 0.2) is 0 Å². The zero-order chi connectivity index (χ0) is 11.0. The summed E-state index contributed by atoms with van der Waals surface area (Å²) in [5, 5.41) is 4.23. The number of pyridine rings is 1. The Bertz CT molecular complexity index is 523. The number of rotatable bonds is 1. The van der Waals surface area contributed by atoms with Crippen LogP contribution in [0.2, 0.25) is 0 Å². The molecule has 0 fully saturated rings. The largest absolute Gasteiger partial charge is 0.275 e. The highest BCUT2D eigenvalue weighted by Gasteiger charge is 2.15. The lowest BCUT2D eigenvalue weighted by atomic mass is 9.89. The first-order valence-corrected chi connectivity index (χ1v) is 5.79. The Labute approximate surface area is 119 Å². The van der Waals surface area contributed by atoms with Gasteiger partial charge in [-0.25, -0.2) is 0 Å². The standard InChI is InChI=1S/C13H15N3.2ClH/c1-16-9-11(7-15-16)13-8-14-6-10-4-2-3-5-12(10)13;;/h6-9H,2-5H2,1H3;2*1H. The molecule has 2 aromatic heterocycles. The summed E-state index contributed by atoms with van der Waals surface area (Å²) in [7, 11) is 1.95. The van der Waals surface area contributed by atoms with Crippen molar-refractivity contribution >= 4 is 24.8 Å². The molecule has 0 saturated carbocycles. The second-order valence-electron chi connectivity index (χ2n) is 4.43. The zero-order valence-corrected chi connectivity index (χ0v) is 11.9. The van der Waals surface area contributed by atoms with Crippen molar-refractivity contribution in [1.29, 1.82) is 0 Å². The molecular formula is C13H17Cl2N3. The van der Waals surface area contributed by atoms with Crippen LogP contribution in [0.4, 0.5) is 0 Å². The van der Waals surface area contributed by atoms with Gasteiger partial charge in [-0.15, -0.1) is 24.8 Å². The summed E-state index contributed by atoms with van der Waals surface area (Å²) in [6, 6.07) is 0. The highest BCUT2D eigenvalue weighted by atomic mass is 35.5. The predicted octanol–water partition coefficient (Wildman–Crippen LogP) is 3.20. The van der Waals surface area contributed by atoms with E-state index in [9.17, 15) is 0 Å². The molecule has 0 spiro atoms. The molecule has 1 aliphatic rings. The third-order valence-electron chi connectivity index (χ3n) is 3.29. The van der Waals surface area contributed by atoms with Crippen molar-refractivity contribution in [2.24, 2.45) is 7.05 Å². The third kappa shape index (κ3) is 2.68. The second-order valence-corrected chi connectivity index (χ2v) is 4.43. The van der Waals surface area contributed by atoms with Gasteiger partial charge in [-0.05, 0) is 36.8 Å². The fourth-order valence-electron chi connectivity index (χ4n) is 2.47. The third-order valence-corrected chi connectivity index (χ3v) is 3.29. The van der Waals surface area contributed by atoms with Crippen LogP contribution in [0.25, 0.3) is 11.1 Å². The molecule has 5 heteroatoms. The fraction of sp³-hybridized carbons (Fsp3) is 0.385. The van der Waals surface area contributed by atoms with Gasteiger partial charge in [0.2, 0.25) is 0 Å². The Hall–Kier alpha value is -1.06. The van der Waals surface area contributed by atoms with Crippen molar-refractivity contribution in [3.05, 3.63) is 35.9 Å². The Morgan fingerprint density at radius 1 is 1.06 bits per heavy atom. The molecule has 0 atom stereocenters. The molecule has 0 amide bonds. The van der Waals surface area contributed by atoms with Crippen LogP contribution in [0.15, 0.2) is 24.8 Å². The summed E-state index contributed by atoms with van der Waals surface area (Å²) >= 11 is 0. The average molecular weight is 286 g/mol. The summed E-state index contributed by atoms with van der Waals surface area (Å²) in [5.41, 5.74) is 5.36. The molecule has 0 aromatic carbocycles. The van der Waals surface area contributed by atoms with E-state index in [1.165, 1.54) is 47.9 Å². The molecule has 0 aliphatic heterocycles. The van der Waals surface area contributed by atoms with Gasteiger partial charge in [0.25, 0.3) is 0 Å². The van der Waals surface area contributed by atoms with Gasteiger partial charge >= 0.3 is 0 Å². The highest BCUT2D eigenvalue weighted by Crippen LogP contribution is 2.30. The summed E-state index contributed by atoms with van der Waals surface area (Å²) < 4.78 is 1.84. The number of hydrogen-bond donors (Lipinski definition) is 0. The molecule has 0 saturated heterocycles. The van der Waals surface area contributed by atoms with E-state index in [0.717, 1.165) is 0 Å². The van der Waals surface area contributed by atoms with Crippen LogP contribution in [0.5, 0.6) is 0 Å². The Kier molecular flexibility index (Phi) is 5.17. The highest BCUT2D eigenvalue weighted by molar-refractivity contribution is 5.85. The summed E-state index contributed by atoms with van der Waals surface area (Å²) in [5.74, 6) is 0. The van der Waals surface area contributed by atoms with E-state index in [1.54, 1.807) is 0 Å². The van der Waals surface area contributed by atoms with Gasteiger partial charge in [-0.3, -0.25) is 9.67 Å². The van der Waals surface area contributed by atoms with Crippen LogP contribution < -0.4 is 0 Å². The van der Waals surface area contributed by atoms with Gasteiger partial charge in [0.1, 0.15) is 0 Å². The fourth-order valence-corrected chi connectivity index (χ4v) is 2.47. The van der Waals surface area contributed by atoms with E-state index in [2.05, 4.69) is 16.3 Å². The number of aryl methyl sites for hydroxylation is 2. The molecule has 0 bridgehead atoms. The SMILES string of the molecule is Cl.Cl.Cn1cc(-c2cncc3c2CCCC3)cn1. The van der Waals surface area contributed by atoms with Crippen molar-refractivity contribution in [1.82, 2.24) is 14.8 Å². The molecule has 3 rings (SSSR count). The van der Waals surface area contributed by atoms with Crippen LogP contribution in [0.1, 0.15) is 24.0 Å². The number of fused-ring (bicyclic) bond motifs is 1. The Morgan fingerprint density at radius 2 is 1.83 bits per heavy atom. The lowest BCUT2D eigenvalue weighted by Gasteiger charge is -2.17. The van der Waals surface area contributed by atoms with Crippen LogP contribution in [-0.2, 0) is 19.9 Å². The maximum absolute atomic E-state index is 4.35. The van der Waals surface area contributed by atoms with Crippen molar-refractivity contribution in [3.8, 4) is 11.1 Å². The van der Waals surface area contributed by atoms with Gasteiger partial charge in [-0.1, -0.05) is 0 Å². The maximum Gasteiger partial charge on any atom is 0.0568 e. The molecule has 2 heterocycles. The first kappa shape index (κ1) is 15.0. The van der Waals surface area contributed by atoms with Gasteiger partial charge in [0, 0.05) is 36.8 Å². The number of hydrogen-bond acceptors (Lipinski definition) is 2. The van der Waals surface area contributed by atoms with Crippen LogP contribution >= 0.6 is 24.8 Å². The zero-order valence-electron chi connectivity index (χ0n) is 10.3. The lowest BCUT2D eigenvalue weighted by molar-refractivity contribution is 0.683. The predicted molar refractivity (Wildman–Crippen MR) is 77.6 cm³/mol. The average Bonchev–Trinajstić information content (AvgIpc) is 2.75. The van der Waals surface area contributed by atoms with Crippen molar-refractivity contribution < 1.29 is 0 Å². The summed E-state index contributed by atoms with van der Waals surface area (Å²) in [6.07, 6.45) is 12.9. The van der Waals surface area contributed by atoms with Crippen LogP contribution in [0, 0.1) is 0 Å². The minimum absolute atomic E-state index is 0. The van der Waals surface area contributed by atoms with E-state index in [-0.39, 0.29) is 24.8 Å². The molecule has 0 radical (unpaired) electrons. The van der Waals surface area contributed by atoms with Crippen LogP contribution in [-0.4, -0.2) is 14.8 Å². The molecule has 18 heavy (non-hydrogen) atoms. The molecule has 2 aromatic rings. The van der Waals surface area contributed by atoms with Crippen molar-refractivity contribution in [2.45, 2.75) is 25.7 Å². The van der Waals surface area contributed by atoms with E-state index in [0.29, 0.717) is 0 Å². The van der Waals surface area contributed by atoms with Gasteiger partial charge in [-0.2, -0.15) is 5.10 Å². The molecule has 0 unspecified atom stereocenters. The molecule has 98 valence electrons. The topological polar surface area (TPSA) is 30.7 Å². The quantitative estimate of drug-likeness (QED) is 0.806. The van der Waals surface area contributed by atoms with Crippen molar-refractivity contribution in [3.63, 3.8) is 0 Å². The number of aromatic nitrogens is 3. The monoisotopic (exact) mass is 285 g/mol. The molecule has 1 aliphatic carbocycles. The van der Waals surface area contributed by atoms with E-state index >= 15 is 0 Å². The van der Waals surface area contributed by atoms with E-state index in [4.69, 9.17) is 0 Å². The summed E-state index contributed by atoms with van der Waals surface area (Å²) in [6.45, 7) is 0. The minimum Gasteiger partial charge on any atom is -0.275 e. The summed E-state index contributed by atoms with van der Waals surface area (Å²) in [4.78, 5) is 4.35. The van der Waals surface area contributed by atoms with Crippen molar-refractivity contribution in [2.75, 3.05) is 0 Å². The van der Waals surface area contributed by atoms with Gasteiger partial charge < -0.3 is 0 Å². The Morgan fingerprint density at radius 3 is 2.56 bits per heavy atom. The van der Waals surface area contributed by atoms with E-state index in [1.807, 2.05) is 30.3 Å². The van der Waals surface area contributed by atoms with Crippen LogP contribution in [0.3, 0.4) is 0 Å². The smallest absolute Gasteiger partial charge is 0.0568 e. The number of nitrogens with zero attached hydrogens (tertiary/aromatic N) is 3. The Balaban J connectivity index is 0.000000810. The molecule has 0 N–H and O–H groups in total. The first-order chi connectivity index (χ1) is 7.84. The first-order valence-electron chi connectivity index (χ1n) is 5.79. The molecule has 3 nitrogen and oxygen atoms in total. The minimum atomic E-state index is 0. The maximum atomic E-state index is 4.35. The number of halogens is 2. The van der Waals surface area contributed by atoms with Gasteiger partial charge in [0.05, 0.1) is 6.20 Å². The van der Waals surface area contributed by atoms with E-state index < -0.39 is 0 Å². The molecular weight excluding hydrogens is 269 g/mol. The lowest BCUT2D eigenvalue weighted by Crippen LogP contribution is -2.05. The normalized spacial score (nSPS) is 13.2.